The van der Waals surface area contributed by atoms with Crippen molar-refractivity contribution in [2.75, 3.05) is 24.7 Å². The van der Waals surface area contributed by atoms with Gasteiger partial charge in [-0.1, -0.05) is 29.2 Å². The molecular weight excluding hydrogens is 320 g/mol. The molecule has 1 aromatic heterocycles. The maximum absolute atomic E-state index is 11.9. The Kier molecular flexibility index (Phi) is 6.38. The van der Waals surface area contributed by atoms with Crippen LogP contribution in [0.15, 0.2) is 17.0 Å². The molecule has 0 aliphatic heterocycles. The summed E-state index contributed by atoms with van der Waals surface area (Å²) in [4.78, 5) is 25.4. The van der Waals surface area contributed by atoms with Crippen LogP contribution in [0, 0.1) is 5.92 Å². The number of nitrogens with one attached hydrogen (secondary N) is 1. The second kappa shape index (κ2) is 8.28. The smallest absolute Gasteiger partial charge is 0.226 e. The average molecular weight is 340 g/mol. The first-order chi connectivity index (χ1) is 10.6. The Morgan fingerprint density at radius 1 is 1.45 bits per heavy atom. The second-order valence-corrected chi connectivity index (χ2v) is 7.48. The maximum Gasteiger partial charge on any atom is 0.226 e. The van der Waals surface area contributed by atoms with Crippen molar-refractivity contribution in [2.45, 2.75) is 30.0 Å². The zero-order valence-electron chi connectivity index (χ0n) is 12.6. The minimum absolute atomic E-state index is 0.0153. The molecule has 2 rings (SSSR count). The van der Waals surface area contributed by atoms with E-state index in [2.05, 4.69) is 22.1 Å². The molecule has 1 N–H and O–H groups in total. The van der Waals surface area contributed by atoms with Gasteiger partial charge in [-0.3, -0.25) is 9.59 Å². The first kappa shape index (κ1) is 17.0. The van der Waals surface area contributed by atoms with Crippen molar-refractivity contribution >= 4 is 40.0 Å². The van der Waals surface area contributed by atoms with Gasteiger partial charge >= 0.3 is 0 Å². The van der Waals surface area contributed by atoms with E-state index >= 15 is 0 Å². The lowest BCUT2D eigenvalue weighted by molar-refractivity contribution is -0.131. The third-order valence-corrected chi connectivity index (χ3v) is 5.17. The van der Waals surface area contributed by atoms with Crippen LogP contribution in [0.2, 0.25) is 0 Å². The van der Waals surface area contributed by atoms with Gasteiger partial charge in [-0.15, -0.1) is 16.8 Å². The van der Waals surface area contributed by atoms with E-state index in [0.29, 0.717) is 11.0 Å². The topological polar surface area (TPSA) is 75.2 Å². The van der Waals surface area contributed by atoms with Gasteiger partial charge in [0.05, 0.1) is 0 Å². The number of carbonyl (C=O) groups excluding carboxylic acids is 2. The quantitative estimate of drug-likeness (QED) is 0.424. The average Bonchev–Trinajstić information content (AvgIpc) is 3.20. The van der Waals surface area contributed by atoms with Gasteiger partial charge in [0.1, 0.15) is 0 Å². The van der Waals surface area contributed by atoms with E-state index in [-0.39, 0.29) is 24.7 Å². The van der Waals surface area contributed by atoms with Crippen LogP contribution in [0.1, 0.15) is 25.7 Å². The monoisotopic (exact) mass is 340 g/mol. The predicted octanol–water partition coefficient (Wildman–Crippen LogP) is 2.40. The molecular formula is C14H20N4O2S2. The molecule has 0 unspecified atom stereocenters. The van der Waals surface area contributed by atoms with E-state index in [9.17, 15) is 9.59 Å². The van der Waals surface area contributed by atoms with Crippen molar-refractivity contribution in [1.29, 1.82) is 0 Å². The number of hydrogen-bond acceptors (Lipinski definition) is 6. The summed E-state index contributed by atoms with van der Waals surface area (Å²) in [6, 6.07) is 0. The first-order valence-corrected chi connectivity index (χ1v) is 8.99. The fourth-order valence-corrected chi connectivity index (χ4v) is 3.36. The molecule has 22 heavy (non-hydrogen) atoms. The minimum Gasteiger partial charge on any atom is -0.345 e. The number of nitrogens with zero attached hydrogens (tertiary/aromatic N) is 3. The fourth-order valence-electron chi connectivity index (χ4n) is 1.83. The summed E-state index contributed by atoms with van der Waals surface area (Å²) in [6.07, 6.45) is 4.60. The number of rotatable bonds is 9. The van der Waals surface area contributed by atoms with Gasteiger partial charge in [0.25, 0.3) is 0 Å². The van der Waals surface area contributed by atoms with Gasteiger partial charge in [0.2, 0.25) is 16.9 Å². The number of anilines is 1. The third kappa shape index (κ3) is 5.76. The molecule has 1 aliphatic rings. The molecule has 1 aromatic rings. The summed E-state index contributed by atoms with van der Waals surface area (Å²) in [5, 5.41) is 11.0. The molecule has 0 spiro atoms. The van der Waals surface area contributed by atoms with E-state index < -0.39 is 0 Å². The van der Waals surface area contributed by atoms with Crippen LogP contribution in [0.5, 0.6) is 0 Å². The predicted molar refractivity (Wildman–Crippen MR) is 89.1 cm³/mol. The van der Waals surface area contributed by atoms with Crippen LogP contribution in [0.4, 0.5) is 5.13 Å². The Bertz CT molecular complexity index is 543. The van der Waals surface area contributed by atoms with E-state index in [0.717, 1.165) is 16.6 Å². The van der Waals surface area contributed by atoms with Gasteiger partial charge in [-0.2, -0.15) is 0 Å². The summed E-state index contributed by atoms with van der Waals surface area (Å²) < 4.78 is 0.787. The molecule has 1 fully saturated rings. The van der Waals surface area contributed by atoms with Crippen LogP contribution in [0.3, 0.4) is 0 Å². The third-order valence-electron chi connectivity index (χ3n) is 3.20. The molecule has 0 saturated heterocycles. The molecule has 2 amide bonds. The van der Waals surface area contributed by atoms with Gasteiger partial charge in [0, 0.05) is 32.2 Å². The Morgan fingerprint density at radius 3 is 2.91 bits per heavy atom. The molecule has 0 radical (unpaired) electrons. The largest absolute Gasteiger partial charge is 0.345 e. The molecule has 0 atom stereocenters. The Labute approximate surface area is 138 Å². The SMILES string of the molecule is C=CCSc1nnc(NC(=O)CCC(=O)N(C)CC2CC2)s1. The molecule has 0 aromatic carbocycles. The lowest BCUT2D eigenvalue weighted by Gasteiger charge is -2.16. The molecule has 8 heteroatoms. The number of thioether (sulfide) groups is 1. The number of hydrogen-bond donors (Lipinski definition) is 1. The molecule has 1 saturated carbocycles. The summed E-state index contributed by atoms with van der Waals surface area (Å²) in [6.45, 7) is 4.44. The standard InChI is InChI=1S/C14H20N4O2S2/c1-3-8-21-14-17-16-13(22-14)15-11(19)6-7-12(20)18(2)9-10-4-5-10/h3,10H,1,4-9H2,2H3,(H,15,16,19). The Morgan fingerprint density at radius 2 is 2.23 bits per heavy atom. The molecule has 0 bridgehead atoms. The maximum atomic E-state index is 11.9. The highest BCUT2D eigenvalue weighted by Crippen LogP contribution is 2.29. The lowest BCUT2D eigenvalue weighted by Crippen LogP contribution is -2.29. The molecule has 6 nitrogen and oxygen atoms in total. The van der Waals surface area contributed by atoms with E-state index in [1.165, 1.54) is 35.9 Å². The summed E-state index contributed by atoms with van der Waals surface area (Å²) >= 11 is 2.84. The molecule has 1 aliphatic carbocycles. The summed E-state index contributed by atoms with van der Waals surface area (Å²) in [5.74, 6) is 1.23. The van der Waals surface area contributed by atoms with Gasteiger partial charge in [0.15, 0.2) is 4.34 Å². The zero-order valence-corrected chi connectivity index (χ0v) is 14.2. The Balaban J connectivity index is 1.69. The van der Waals surface area contributed by atoms with Crippen molar-refractivity contribution in [3.05, 3.63) is 12.7 Å². The highest BCUT2D eigenvalue weighted by atomic mass is 32.2. The van der Waals surface area contributed by atoms with Crippen molar-refractivity contribution in [3.63, 3.8) is 0 Å². The van der Waals surface area contributed by atoms with Crippen molar-refractivity contribution < 1.29 is 9.59 Å². The van der Waals surface area contributed by atoms with Crippen molar-refractivity contribution in [1.82, 2.24) is 15.1 Å². The summed E-state index contributed by atoms with van der Waals surface area (Å²) in [5.41, 5.74) is 0. The molecule has 120 valence electrons. The second-order valence-electron chi connectivity index (χ2n) is 5.24. The minimum atomic E-state index is -0.204. The first-order valence-electron chi connectivity index (χ1n) is 7.19. The van der Waals surface area contributed by atoms with Gasteiger partial charge < -0.3 is 10.2 Å². The van der Waals surface area contributed by atoms with E-state index in [4.69, 9.17) is 0 Å². The van der Waals surface area contributed by atoms with E-state index in [1.54, 1.807) is 18.0 Å². The van der Waals surface area contributed by atoms with Gasteiger partial charge in [-0.25, -0.2) is 0 Å². The van der Waals surface area contributed by atoms with Crippen LogP contribution in [-0.4, -0.2) is 46.3 Å². The molecule has 1 heterocycles. The van der Waals surface area contributed by atoms with Crippen LogP contribution in [0.25, 0.3) is 0 Å². The highest BCUT2D eigenvalue weighted by molar-refractivity contribution is 8.01. The van der Waals surface area contributed by atoms with Crippen LogP contribution < -0.4 is 5.32 Å². The number of carbonyl (C=O) groups is 2. The highest BCUT2D eigenvalue weighted by Gasteiger charge is 2.24. The number of amides is 2. The van der Waals surface area contributed by atoms with E-state index in [1.807, 2.05) is 0 Å². The zero-order chi connectivity index (χ0) is 15.9. The Hall–Kier alpha value is -1.41. The van der Waals surface area contributed by atoms with Crippen molar-refractivity contribution in [3.8, 4) is 0 Å². The van der Waals surface area contributed by atoms with Crippen LogP contribution in [-0.2, 0) is 9.59 Å². The lowest BCUT2D eigenvalue weighted by atomic mass is 10.2. The van der Waals surface area contributed by atoms with Gasteiger partial charge in [-0.05, 0) is 18.8 Å². The normalized spacial score (nSPS) is 13.7. The fraction of sp³-hybridized carbons (Fsp3) is 0.571. The summed E-state index contributed by atoms with van der Waals surface area (Å²) in [7, 11) is 1.80. The van der Waals surface area contributed by atoms with Crippen molar-refractivity contribution in [2.24, 2.45) is 5.92 Å². The number of aromatic nitrogens is 2. The van der Waals surface area contributed by atoms with Crippen LogP contribution >= 0.6 is 23.1 Å².